The first-order valence-corrected chi connectivity index (χ1v) is 8.22. The third-order valence-corrected chi connectivity index (χ3v) is 4.73. The lowest BCUT2D eigenvalue weighted by Gasteiger charge is -2.42. The molecule has 1 aromatic carbocycles. The maximum absolute atomic E-state index is 5.60. The van der Waals surface area contributed by atoms with E-state index in [0.29, 0.717) is 0 Å². The Morgan fingerprint density at radius 1 is 1.29 bits per heavy atom. The Labute approximate surface area is 130 Å². The van der Waals surface area contributed by atoms with E-state index in [4.69, 9.17) is 4.74 Å². The smallest absolute Gasteiger partial charge is 0.0552 e. The van der Waals surface area contributed by atoms with Gasteiger partial charge in [0.05, 0.1) is 6.10 Å². The average Bonchev–Trinajstić information content (AvgIpc) is 2.45. The quantitative estimate of drug-likeness (QED) is 0.882. The van der Waals surface area contributed by atoms with Gasteiger partial charge in [-0.3, -0.25) is 0 Å². The van der Waals surface area contributed by atoms with Gasteiger partial charge in [-0.25, -0.2) is 0 Å². The van der Waals surface area contributed by atoms with Gasteiger partial charge in [0.1, 0.15) is 0 Å². The monoisotopic (exact) mass is 289 g/mol. The topological polar surface area (TPSA) is 21.3 Å². The summed E-state index contributed by atoms with van der Waals surface area (Å²) in [4.78, 5) is 0. The van der Waals surface area contributed by atoms with E-state index in [0.717, 1.165) is 13.0 Å². The number of hydrogen-bond acceptors (Lipinski definition) is 2. The van der Waals surface area contributed by atoms with Crippen LogP contribution in [0, 0.1) is 0 Å². The Morgan fingerprint density at radius 3 is 2.67 bits per heavy atom. The molecular formula is C19H31NO. The fourth-order valence-corrected chi connectivity index (χ4v) is 3.54. The van der Waals surface area contributed by atoms with Crippen molar-refractivity contribution >= 4 is 0 Å². The summed E-state index contributed by atoms with van der Waals surface area (Å²) in [5.74, 6) is 0. The van der Waals surface area contributed by atoms with Crippen LogP contribution in [-0.4, -0.2) is 25.3 Å². The van der Waals surface area contributed by atoms with Crippen molar-refractivity contribution < 1.29 is 4.74 Å². The molecule has 21 heavy (non-hydrogen) atoms. The van der Waals surface area contributed by atoms with E-state index in [-0.39, 0.29) is 17.1 Å². The van der Waals surface area contributed by atoms with Gasteiger partial charge in [-0.2, -0.15) is 0 Å². The summed E-state index contributed by atoms with van der Waals surface area (Å²) in [5, 5.41) is 3.75. The molecule has 0 spiro atoms. The van der Waals surface area contributed by atoms with Crippen molar-refractivity contribution in [2.24, 2.45) is 0 Å². The fourth-order valence-electron chi connectivity index (χ4n) is 3.54. The fraction of sp³-hybridized carbons (Fsp3) is 0.684. The minimum atomic E-state index is 0.149. The second-order valence-electron chi connectivity index (χ2n) is 7.65. The third-order valence-electron chi connectivity index (χ3n) is 4.73. The van der Waals surface area contributed by atoms with Gasteiger partial charge in [-0.15, -0.1) is 0 Å². The molecule has 2 nitrogen and oxygen atoms in total. The van der Waals surface area contributed by atoms with E-state index in [9.17, 15) is 0 Å². The third kappa shape index (κ3) is 4.08. The lowest BCUT2D eigenvalue weighted by Crippen LogP contribution is -2.48. The predicted octanol–water partition coefficient (Wildman–Crippen LogP) is 4.07. The van der Waals surface area contributed by atoms with Crippen molar-refractivity contribution in [2.45, 2.75) is 70.4 Å². The Bertz CT molecular complexity index is 463. The molecule has 0 aromatic heterocycles. The summed E-state index contributed by atoms with van der Waals surface area (Å²) in [6, 6.07) is 9.00. The summed E-state index contributed by atoms with van der Waals surface area (Å²) >= 11 is 0. The molecule has 0 heterocycles. The molecule has 2 unspecified atom stereocenters. The highest BCUT2D eigenvalue weighted by atomic mass is 16.5. The van der Waals surface area contributed by atoms with Crippen molar-refractivity contribution in [1.29, 1.82) is 0 Å². The first-order chi connectivity index (χ1) is 9.86. The van der Waals surface area contributed by atoms with Gasteiger partial charge in [0.25, 0.3) is 0 Å². The molecule has 0 fully saturated rings. The predicted molar refractivity (Wildman–Crippen MR) is 89.9 cm³/mol. The molecule has 0 aliphatic heterocycles. The zero-order valence-electron chi connectivity index (χ0n) is 14.3. The zero-order chi connectivity index (χ0) is 15.5. The molecule has 0 amide bonds. The second-order valence-corrected chi connectivity index (χ2v) is 7.65. The van der Waals surface area contributed by atoms with Crippen LogP contribution in [-0.2, 0) is 16.6 Å². The van der Waals surface area contributed by atoms with Crippen LogP contribution in [0.4, 0.5) is 0 Å². The Kier molecular flexibility index (Phi) is 5.11. The van der Waals surface area contributed by atoms with Crippen molar-refractivity contribution in [1.82, 2.24) is 5.32 Å². The van der Waals surface area contributed by atoms with Crippen LogP contribution in [0.1, 0.15) is 58.1 Å². The first-order valence-electron chi connectivity index (χ1n) is 8.22. The summed E-state index contributed by atoms with van der Waals surface area (Å²) in [5.41, 5.74) is 3.42. The van der Waals surface area contributed by atoms with Gasteiger partial charge in [-0.05, 0) is 64.5 Å². The lowest BCUT2D eigenvalue weighted by atomic mass is 9.67. The summed E-state index contributed by atoms with van der Waals surface area (Å²) in [6.07, 6.45) is 5.12. The highest BCUT2D eigenvalue weighted by Crippen LogP contribution is 2.41. The molecule has 2 heteroatoms. The van der Waals surface area contributed by atoms with E-state index in [1.165, 1.54) is 30.4 Å². The molecule has 0 saturated heterocycles. The van der Waals surface area contributed by atoms with Crippen LogP contribution in [0.15, 0.2) is 24.3 Å². The first kappa shape index (κ1) is 16.5. The summed E-state index contributed by atoms with van der Waals surface area (Å²) in [7, 11) is 1.82. The lowest BCUT2D eigenvalue weighted by molar-refractivity contribution is 0.0795. The van der Waals surface area contributed by atoms with Gasteiger partial charge in [0.15, 0.2) is 0 Å². The number of fused-ring (bicyclic) bond motifs is 1. The van der Waals surface area contributed by atoms with Crippen LogP contribution < -0.4 is 5.32 Å². The largest absolute Gasteiger partial charge is 0.382 e. The normalized spacial score (nSPS) is 23.7. The van der Waals surface area contributed by atoms with Crippen LogP contribution in [0.2, 0.25) is 0 Å². The second kappa shape index (κ2) is 6.50. The van der Waals surface area contributed by atoms with Crippen molar-refractivity contribution in [3.05, 3.63) is 35.4 Å². The maximum atomic E-state index is 5.60. The van der Waals surface area contributed by atoms with Crippen molar-refractivity contribution in [2.75, 3.05) is 13.7 Å². The van der Waals surface area contributed by atoms with Crippen molar-refractivity contribution in [3.63, 3.8) is 0 Å². The van der Waals surface area contributed by atoms with E-state index in [1.54, 1.807) is 0 Å². The van der Waals surface area contributed by atoms with Gasteiger partial charge in [0, 0.05) is 24.6 Å². The van der Waals surface area contributed by atoms with E-state index in [2.05, 4.69) is 57.3 Å². The molecule has 2 rings (SSSR count). The highest BCUT2D eigenvalue weighted by Gasteiger charge is 2.38. The van der Waals surface area contributed by atoms with Crippen LogP contribution >= 0.6 is 0 Å². The minimum absolute atomic E-state index is 0.149. The standard InChI is InChI=1S/C19H31NO/c1-15(21-5)13-19(14-20-18(2,3)4)12-8-10-16-9-6-7-11-17(16)19/h6-7,9,11,15,20H,8,10,12-14H2,1-5H3. The molecule has 118 valence electrons. The van der Waals surface area contributed by atoms with Crippen LogP contribution in [0.25, 0.3) is 0 Å². The Morgan fingerprint density at radius 2 is 2.00 bits per heavy atom. The van der Waals surface area contributed by atoms with Gasteiger partial charge in [-0.1, -0.05) is 24.3 Å². The number of rotatable bonds is 5. The van der Waals surface area contributed by atoms with E-state index in [1.807, 2.05) is 7.11 Å². The van der Waals surface area contributed by atoms with Gasteiger partial charge < -0.3 is 10.1 Å². The Hall–Kier alpha value is -0.860. The van der Waals surface area contributed by atoms with Crippen molar-refractivity contribution in [3.8, 4) is 0 Å². The zero-order valence-corrected chi connectivity index (χ0v) is 14.3. The molecule has 0 bridgehead atoms. The number of aryl methyl sites for hydroxylation is 1. The highest BCUT2D eigenvalue weighted by molar-refractivity contribution is 5.37. The van der Waals surface area contributed by atoms with Crippen LogP contribution in [0.5, 0.6) is 0 Å². The number of methoxy groups -OCH3 is 1. The number of benzene rings is 1. The summed E-state index contributed by atoms with van der Waals surface area (Å²) < 4.78 is 5.60. The number of nitrogens with one attached hydrogen (secondary N) is 1. The van der Waals surface area contributed by atoms with Crippen LogP contribution in [0.3, 0.4) is 0 Å². The van der Waals surface area contributed by atoms with E-state index < -0.39 is 0 Å². The SMILES string of the molecule is COC(C)CC1(CNC(C)(C)C)CCCc2ccccc21. The summed E-state index contributed by atoms with van der Waals surface area (Å²) in [6.45, 7) is 9.96. The molecule has 2 atom stereocenters. The van der Waals surface area contributed by atoms with Gasteiger partial charge in [0.2, 0.25) is 0 Å². The molecular weight excluding hydrogens is 258 g/mol. The molecule has 1 N–H and O–H groups in total. The minimum Gasteiger partial charge on any atom is -0.382 e. The molecule has 1 aliphatic carbocycles. The number of ether oxygens (including phenoxy) is 1. The van der Waals surface area contributed by atoms with E-state index >= 15 is 0 Å². The number of hydrogen-bond donors (Lipinski definition) is 1. The molecule has 0 saturated carbocycles. The Balaban J connectivity index is 2.32. The molecule has 1 aromatic rings. The molecule has 1 aliphatic rings. The maximum Gasteiger partial charge on any atom is 0.0552 e. The molecule has 0 radical (unpaired) electrons. The van der Waals surface area contributed by atoms with Gasteiger partial charge >= 0.3 is 0 Å². The average molecular weight is 289 g/mol.